The normalized spacial score (nSPS) is 11.1. The lowest BCUT2D eigenvalue weighted by molar-refractivity contribution is 1.11. The Morgan fingerprint density at radius 3 is 2.79 bits per heavy atom. The number of aromatic amines is 1. The SMILES string of the molecule is Nc1n[nH]c(N)c1N=Nc1nccs1. The fourth-order valence-electron chi connectivity index (χ4n) is 0.827. The first kappa shape index (κ1) is 8.63. The number of rotatable bonds is 2. The van der Waals surface area contributed by atoms with Gasteiger partial charge in [0.2, 0.25) is 5.13 Å². The van der Waals surface area contributed by atoms with Gasteiger partial charge in [0.25, 0.3) is 0 Å². The molecule has 0 spiro atoms. The number of nitrogens with zero attached hydrogens (tertiary/aromatic N) is 4. The van der Waals surface area contributed by atoms with Gasteiger partial charge in [-0.1, -0.05) is 0 Å². The molecule has 2 heterocycles. The van der Waals surface area contributed by atoms with Crippen molar-refractivity contribution in [2.45, 2.75) is 0 Å². The Morgan fingerprint density at radius 1 is 1.36 bits per heavy atom. The molecule has 0 aliphatic heterocycles. The molecule has 7 nitrogen and oxygen atoms in total. The zero-order valence-corrected chi connectivity index (χ0v) is 7.82. The minimum atomic E-state index is 0.225. The van der Waals surface area contributed by atoms with Crippen molar-refractivity contribution in [2.75, 3.05) is 11.5 Å². The lowest BCUT2D eigenvalue weighted by Crippen LogP contribution is -1.84. The Hall–Kier alpha value is -1.96. The van der Waals surface area contributed by atoms with Gasteiger partial charge < -0.3 is 11.5 Å². The number of azo groups is 1. The van der Waals surface area contributed by atoms with Crippen LogP contribution in [0.15, 0.2) is 21.8 Å². The quantitative estimate of drug-likeness (QED) is 0.648. The first-order chi connectivity index (χ1) is 6.77. The van der Waals surface area contributed by atoms with E-state index in [0.717, 1.165) is 0 Å². The van der Waals surface area contributed by atoms with E-state index in [9.17, 15) is 0 Å². The lowest BCUT2D eigenvalue weighted by atomic mass is 10.5. The molecular formula is C6H7N7S. The number of H-pyrrole nitrogens is 1. The summed E-state index contributed by atoms with van der Waals surface area (Å²) in [4.78, 5) is 3.92. The van der Waals surface area contributed by atoms with E-state index in [1.165, 1.54) is 11.3 Å². The van der Waals surface area contributed by atoms with Gasteiger partial charge in [-0.15, -0.1) is 21.6 Å². The molecule has 2 aromatic rings. The van der Waals surface area contributed by atoms with Crippen molar-refractivity contribution in [1.82, 2.24) is 15.2 Å². The maximum Gasteiger partial charge on any atom is 0.229 e. The van der Waals surface area contributed by atoms with Gasteiger partial charge in [-0.3, -0.25) is 5.10 Å². The number of thiazole rings is 1. The predicted molar refractivity (Wildman–Crippen MR) is 53.7 cm³/mol. The van der Waals surface area contributed by atoms with Crippen molar-refractivity contribution < 1.29 is 0 Å². The Kier molecular flexibility index (Phi) is 2.11. The number of aromatic nitrogens is 3. The summed E-state index contributed by atoms with van der Waals surface area (Å²) in [6, 6.07) is 0. The Balaban J connectivity index is 2.26. The molecule has 72 valence electrons. The summed E-state index contributed by atoms with van der Waals surface area (Å²) in [5.74, 6) is 0.519. The molecule has 0 bridgehead atoms. The van der Waals surface area contributed by atoms with E-state index >= 15 is 0 Å². The predicted octanol–water partition coefficient (Wildman–Crippen LogP) is 1.45. The smallest absolute Gasteiger partial charge is 0.229 e. The van der Waals surface area contributed by atoms with E-state index in [-0.39, 0.29) is 5.82 Å². The third-order valence-corrected chi connectivity index (χ3v) is 2.11. The summed E-state index contributed by atoms with van der Waals surface area (Å²) in [6.45, 7) is 0. The van der Waals surface area contributed by atoms with Gasteiger partial charge in [0.1, 0.15) is 5.82 Å². The first-order valence-corrected chi connectivity index (χ1v) is 4.56. The van der Waals surface area contributed by atoms with E-state index in [1.807, 2.05) is 0 Å². The van der Waals surface area contributed by atoms with Crippen molar-refractivity contribution in [3.63, 3.8) is 0 Å². The zero-order chi connectivity index (χ0) is 9.97. The van der Waals surface area contributed by atoms with Gasteiger partial charge in [-0.25, -0.2) is 4.98 Å². The topological polar surface area (TPSA) is 118 Å². The van der Waals surface area contributed by atoms with Gasteiger partial charge in [0.15, 0.2) is 11.5 Å². The van der Waals surface area contributed by atoms with Crippen molar-refractivity contribution >= 4 is 33.8 Å². The van der Waals surface area contributed by atoms with Crippen LogP contribution in [0.5, 0.6) is 0 Å². The average Bonchev–Trinajstić information content (AvgIpc) is 2.76. The van der Waals surface area contributed by atoms with Crippen LogP contribution in [-0.2, 0) is 0 Å². The summed E-state index contributed by atoms with van der Waals surface area (Å²) < 4.78 is 0. The zero-order valence-electron chi connectivity index (χ0n) is 7.01. The molecule has 0 saturated carbocycles. The molecule has 5 N–H and O–H groups in total. The van der Waals surface area contributed by atoms with Crippen molar-refractivity contribution in [3.05, 3.63) is 11.6 Å². The highest BCUT2D eigenvalue weighted by atomic mass is 32.1. The highest BCUT2D eigenvalue weighted by molar-refractivity contribution is 7.13. The van der Waals surface area contributed by atoms with Gasteiger partial charge in [-0.05, 0) is 0 Å². The minimum absolute atomic E-state index is 0.225. The van der Waals surface area contributed by atoms with Crippen molar-refractivity contribution in [2.24, 2.45) is 10.2 Å². The summed E-state index contributed by atoms with van der Waals surface area (Å²) >= 11 is 1.37. The van der Waals surface area contributed by atoms with Crippen LogP contribution < -0.4 is 11.5 Å². The van der Waals surface area contributed by atoms with E-state index in [0.29, 0.717) is 16.6 Å². The third kappa shape index (κ3) is 1.55. The fourth-order valence-corrected chi connectivity index (χ4v) is 1.28. The van der Waals surface area contributed by atoms with Gasteiger partial charge >= 0.3 is 0 Å². The molecule has 2 aromatic heterocycles. The number of nitrogens with one attached hydrogen (secondary N) is 1. The Morgan fingerprint density at radius 2 is 2.21 bits per heavy atom. The number of hydrogen-bond acceptors (Lipinski definition) is 7. The third-order valence-electron chi connectivity index (χ3n) is 1.45. The maximum atomic E-state index is 5.51. The van der Waals surface area contributed by atoms with Crippen molar-refractivity contribution in [1.29, 1.82) is 0 Å². The van der Waals surface area contributed by atoms with Crippen LogP contribution in [0.4, 0.5) is 22.5 Å². The standard InChI is InChI=1S/C6H7N7S/c7-4-3(5(8)12-11-4)10-13-6-9-1-2-14-6/h1-2H,(H5,7,8,11,12). The molecule has 0 aromatic carbocycles. The van der Waals surface area contributed by atoms with E-state index in [4.69, 9.17) is 11.5 Å². The number of anilines is 2. The van der Waals surface area contributed by atoms with Crippen molar-refractivity contribution in [3.8, 4) is 0 Å². The maximum absolute atomic E-state index is 5.51. The summed E-state index contributed by atoms with van der Waals surface area (Å²) in [5.41, 5.74) is 11.3. The van der Waals surface area contributed by atoms with Gasteiger partial charge in [-0.2, -0.15) is 5.10 Å². The number of nitrogen functional groups attached to an aromatic ring is 2. The molecule has 0 radical (unpaired) electrons. The summed E-state index contributed by atoms with van der Waals surface area (Å²) in [6.07, 6.45) is 1.64. The van der Waals surface area contributed by atoms with Gasteiger partial charge in [0, 0.05) is 11.6 Å². The molecule has 0 saturated heterocycles. The summed E-state index contributed by atoms with van der Waals surface area (Å²) in [7, 11) is 0. The second-order valence-electron chi connectivity index (χ2n) is 2.39. The molecule has 2 rings (SSSR count). The number of nitrogens with two attached hydrogens (primary N) is 2. The highest BCUT2D eigenvalue weighted by Gasteiger charge is 2.06. The monoisotopic (exact) mass is 209 g/mol. The Bertz CT molecular complexity index is 423. The highest BCUT2D eigenvalue weighted by Crippen LogP contribution is 2.28. The van der Waals surface area contributed by atoms with Crippen LogP contribution in [0.3, 0.4) is 0 Å². The molecule has 0 unspecified atom stereocenters. The van der Waals surface area contributed by atoms with Crippen LogP contribution in [-0.4, -0.2) is 15.2 Å². The van der Waals surface area contributed by atoms with Crippen LogP contribution >= 0.6 is 11.3 Å². The van der Waals surface area contributed by atoms with Gasteiger partial charge in [0.05, 0.1) is 0 Å². The van der Waals surface area contributed by atoms with Crippen LogP contribution in [0.2, 0.25) is 0 Å². The second kappa shape index (κ2) is 3.42. The molecular weight excluding hydrogens is 202 g/mol. The molecule has 8 heteroatoms. The fraction of sp³-hybridized carbons (Fsp3) is 0. The second-order valence-corrected chi connectivity index (χ2v) is 3.26. The van der Waals surface area contributed by atoms with E-state index in [1.54, 1.807) is 11.6 Å². The molecule has 0 amide bonds. The Labute approximate surface area is 82.9 Å². The lowest BCUT2D eigenvalue weighted by Gasteiger charge is -1.88. The average molecular weight is 209 g/mol. The summed E-state index contributed by atoms with van der Waals surface area (Å²) in [5, 5.41) is 16.2. The van der Waals surface area contributed by atoms with Crippen LogP contribution in [0.1, 0.15) is 0 Å². The minimum Gasteiger partial charge on any atom is -0.382 e. The van der Waals surface area contributed by atoms with E-state index in [2.05, 4.69) is 25.4 Å². The molecule has 0 aliphatic rings. The largest absolute Gasteiger partial charge is 0.382 e. The molecule has 0 atom stereocenters. The number of hydrogen-bond donors (Lipinski definition) is 3. The van der Waals surface area contributed by atoms with Crippen LogP contribution in [0, 0.1) is 0 Å². The molecule has 14 heavy (non-hydrogen) atoms. The molecule has 0 aliphatic carbocycles. The first-order valence-electron chi connectivity index (χ1n) is 3.68. The van der Waals surface area contributed by atoms with Crippen LogP contribution in [0.25, 0.3) is 0 Å². The van der Waals surface area contributed by atoms with E-state index < -0.39 is 0 Å². The molecule has 0 fully saturated rings.